The van der Waals surface area contributed by atoms with Crippen molar-refractivity contribution in [1.29, 1.82) is 0 Å². The molecule has 2 aliphatic carbocycles. The van der Waals surface area contributed by atoms with Crippen LogP contribution >= 0.6 is 11.6 Å². The van der Waals surface area contributed by atoms with Crippen LogP contribution in [0.1, 0.15) is 44.1 Å². The van der Waals surface area contributed by atoms with Crippen LogP contribution in [-0.4, -0.2) is 11.1 Å². The molecular formula is C16H18ClFO2. The standard InChI is InChI=1S/C16H18ClFO2/c1-16(4-5-16)9-6-12(13(7-9)15(19)20)11-3-2-10(17)8-14(11)18/h2-3,8-9,12-13H,4-7H2,1H3,(H,19,20)/t9?,12-,13+/m0/s1. The summed E-state index contributed by atoms with van der Waals surface area (Å²) >= 11 is 5.78. The highest BCUT2D eigenvalue weighted by Gasteiger charge is 2.52. The fourth-order valence-corrected chi connectivity index (χ4v) is 3.79. The number of benzene rings is 1. The van der Waals surface area contributed by atoms with Gasteiger partial charge in [0.25, 0.3) is 0 Å². The van der Waals surface area contributed by atoms with Crippen LogP contribution in [0.4, 0.5) is 4.39 Å². The Bertz CT molecular complexity index is 553. The molecule has 3 atom stereocenters. The Labute approximate surface area is 122 Å². The minimum Gasteiger partial charge on any atom is -0.481 e. The number of hydrogen-bond acceptors (Lipinski definition) is 1. The van der Waals surface area contributed by atoms with Crippen LogP contribution in [0.2, 0.25) is 5.02 Å². The Hall–Kier alpha value is -1.09. The van der Waals surface area contributed by atoms with Crippen LogP contribution in [0.15, 0.2) is 18.2 Å². The molecule has 3 rings (SSSR count). The van der Waals surface area contributed by atoms with Crippen LogP contribution in [0.25, 0.3) is 0 Å². The second-order valence-electron chi connectivity index (χ2n) is 6.54. The van der Waals surface area contributed by atoms with Gasteiger partial charge in [-0.25, -0.2) is 4.39 Å². The highest BCUT2D eigenvalue weighted by Crippen LogP contribution is 2.60. The predicted molar refractivity (Wildman–Crippen MR) is 75.3 cm³/mol. The third-order valence-electron chi connectivity index (χ3n) is 5.27. The van der Waals surface area contributed by atoms with E-state index >= 15 is 0 Å². The molecule has 0 spiro atoms. The van der Waals surface area contributed by atoms with Crippen molar-refractivity contribution in [3.63, 3.8) is 0 Å². The second-order valence-corrected chi connectivity index (χ2v) is 6.98. The van der Waals surface area contributed by atoms with E-state index in [1.807, 2.05) is 0 Å². The summed E-state index contributed by atoms with van der Waals surface area (Å²) in [6, 6.07) is 4.57. The molecule has 0 amide bonds. The van der Waals surface area contributed by atoms with E-state index < -0.39 is 11.9 Å². The van der Waals surface area contributed by atoms with Crippen molar-refractivity contribution in [3.8, 4) is 0 Å². The monoisotopic (exact) mass is 296 g/mol. The first-order chi connectivity index (χ1) is 9.40. The minimum absolute atomic E-state index is 0.229. The van der Waals surface area contributed by atoms with Gasteiger partial charge in [-0.3, -0.25) is 4.79 Å². The Kier molecular flexibility index (Phi) is 3.28. The predicted octanol–water partition coefficient (Wildman–Crippen LogP) is 4.47. The van der Waals surface area contributed by atoms with Gasteiger partial charge in [0.2, 0.25) is 0 Å². The summed E-state index contributed by atoms with van der Waals surface area (Å²) in [5, 5.41) is 9.79. The van der Waals surface area contributed by atoms with E-state index in [0.29, 0.717) is 22.9 Å². The smallest absolute Gasteiger partial charge is 0.307 e. The summed E-state index contributed by atoms with van der Waals surface area (Å²) < 4.78 is 14.1. The summed E-state index contributed by atoms with van der Waals surface area (Å²) in [5.41, 5.74) is 0.791. The summed E-state index contributed by atoms with van der Waals surface area (Å²) in [4.78, 5) is 11.5. The summed E-state index contributed by atoms with van der Waals surface area (Å²) in [5.74, 6) is -1.50. The van der Waals surface area contributed by atoms with Crippen molar-refractivity contribution in [2.45, 2.75) is 38.5 Å². The molecule has 4 heteroatoms. The van der Waals surface area contributed by atoms with Gasteiger partial charge in [-0.05, 0) is 54.7 Å². The van der Waals surface area contributed by atoms with Crippen molar-refractivity contribution in [1.82, 2.24) is 0 Å². The minimum atomic E-state index is -0.809. The quantitative estimate of drug-likeness (QED) is 0.893. The van der Waals surface area contributed by atoms with E-state index in [4.69, 9.17) is 11.6 Å². The first-order valence-corrected chi connectivity index (χ1v) is 7.46. The van der Waals surface area contributed by atoms with Crippen LogP contribution in [-0.2, 0) is 4.79 Å². The largest absolute Gasteiger partial charge is 0.481 e. The maximum absolute atomic E-state index is 14.1. The molecule has 108 valence electrons. The lowest BCUT2D eigenvalue weighted by atomic mass is 9.87. The van der Waals surface area contributed by atoms with Gasteiger partial charge in [0.05, 0.1) is 5.92 Å². The summed E-state index contributed by atoms with van der Waals surface area (Å²) in [6.45, 7) is 2.22. The van der Waals surface area contributed by atoms with Gasteiger partial charge in [-0.15, -0.1) is 0 Å². The number of halogens is 2. The average Bonchev–Trinajstić information content (AvgIpc) is 2.96. The van der Waals surface area contributed by atoms with Gasteiger partial charge in [0.1, 0.15) is 5.82 Å². The van der Waals surface area contributed by atoms with Crippen molar-refractivity contribution in [2.24, 2.45) is 17.3 Å². The maximum Gasteiger partial charge on any atom is 0.307 e. The highest BCUT2D eigenvalue weighted by atomic mass is 35.5. The molecule has 0 aromatic heterocycles. The van der Waals surface area contributed by atoms with E-state index in [1.165, 1.54) is 18.9 Å². The molecule has 1 unspecified atom stereocenters. The average molecular weight is 297 g/mol. The van der Waals surface area contributed by atoms with Gasteiger partial charge in [0, 0.05) is 10.9 Å². The van der Waals surface area contributed by atoms with E-state index in [1.54, 1.807) is 12.1 Å². The van der Waals surface area contributed by atoms with E-state index in [9.17, 15) is 14.3 Å². The van der Waals surface area contributed by atoms with Crippen molar-refractivity contribution in [2.75, 3.05) is 0 Å². The Balaban J connectivity index is 1.91. The zero-order valence-corrected chi connectivity index (χ0v) is 12.2. The zero-order valence-electron chi connectivity index (χ0n) is 11.4. The van der Waals surface area contributed by atoms with Crippen LogP contribution in [0, 0.1) is 23.1 Å². The molecule has 2 nitrogen and oxygen atoms in total. The fourth-order valence-electron chi connectivity index (χ4n) is 3.63. The second kappa shape index (κ2) is 4.73. The molecule has 0 radical (unpaired) electrons. The molecule has 0 saturated heterocycles. The van der Waals surface area contributed by atoms with E-state index in [0.717, 1.165) is 6.42 Å². The molecule has 2 aliphatic rings. The third-order valence-corrected chi connectivity index (χ3v) is 5.50. The molecular weight excluding hydrogens is 279 g/mol. The van der Waals surface area contributed by atoms with Gasteiger partial charge in [-0.1, -0.05) is 24.6 Å². The Morgan fingerprint density at radius 1 is 1.40 bits per heavy atom. The number of rotatable bonds is 3. The lowest BCUT2D eigenvalue weighted by molar-refractivity contribution is -0.142. The van der Waals surface area contributed by atoms with E-state index in [-0.39, 0.29) is 17.2 Å². The Morgan fingerprint density at radius 3 is 2.65 bits per heavy atom. The summed E-state index contributed by atoms with van der Waals surface area (Å²) in [6.07, 6.45) is 3.77. The molecule has 1 aromatic rings. The molecule has 0 heterocycles. The molecule has 1 N–H and O–H groups in total. The Morgan fingerprint density at radius 2 is 2.10 bits per heavy atom. The van der Waals surface area contributed by atoms with Crippen LogP contribution < -0.4 is 0 Å². The molecule has 2 saturated carbocycles. The molecule has 20 heavy (non-hydrogen) atoms. The first kappa shape index (κ1) is 13.9. The molecule has 0 aliphatic heterocycles. The number of carboxylic acids is 1. The van der Waals surface area contributed by atoms with Gasteiger partial charge in [0.15, 0.2) is 0 Å². The third kappa shape index (κ3) is 2.32. The van der Waals surface area contributed by atoms with Crippen molar-refractivity contribution in [3.05, 3.63) is 34.6 Å². The van der Waals surface area contributed by atoms with Crippen LogP contribution in [0.5, 0.6) is 0 Å². The summed E-state index contributed by atoms with van der Waals surface area (Å²) in [7, 11) is 0. The number of aliphatic carboxylic acids is 1. The van der Waals surface area contributed by atoms with Crippen LogP contribution in [0.3, 0.4) is 0 Å². The zero-order chi connectivity index (χ0) is 14.5. The normalized spacial score (nSPS) is 31.2. The molecule has 2 fully saturated rings. The SMILES string of the molecule is CC1(C2C[C@@H](C(=O)O)[C@H](c3ccc(Cl)cc3F)C2)CC1. The van der Waals surface area contributed by atoms with Crippen molar-refractivity contribution < 1.29 is 14.3 Å². The first-order valence-electron chi connectivity index (χ1n) is 7.08. The van der Waals surface area contributed by atoms with Crippen molar-refractivity contribution >= 4 is 17.6 Å². The number of carboxylic acid groups (broad SMARTS) is 1. The molecule has 0 bridgehead atoms. The van der Waals surface area contributed by atoms with Gasteiger partial charge < -0.3 is 5.11 Å². The number of hydrogen-bond donors (Lipinski definition) is 1. The van der Waals surface area contributed by atoms with E-state index in [2.05, 4.69) is 6.92 Å². The van der Waals surface area contributed by atoms with Gasteiger partial charge >= 0.3 is 5.97 Å². The fraction of sp³-hybridized carbons (Fsp3) is 0.562. The molecule has 1 aromatic carbocycles. The maximum atomic E-state index is 14.1. The highest BCUT2D eigenvalue weighted by molar-refractivity contribution is 6.30. The lowest BCUT2D eigenvalue weighted by Crippen LogP contribution is -2.18. The number of carbonyl (C=O) groups is 1. The lowest BCUT2D eigenvalue weighted by Gasteiger charge is -2.18. The van der Waals surface area contributed by atoms with Gasteiger partial charge in [-0.2, -0.15) is 0 Å². The topological polar surface area (TPSA) is 37.3 Å².